The van der Waals surface area contributed by atoms with Gasteiger partial charge in [-0.25, -0.2) is 0 Å². The van der Waals surface area contributed by atoms with E-state index in [0.717, 1.165) is 55.6 Å². The lowest BCUT2D eigenvalue weighted by atomic mass is 9.72. The smallest absolute Gasteiger partial charge is 0.306 e. The molecule has 2 aromatic rings. The van der Waals surface area contributed by atoms with Crippen LogP contribution in [0, 0.1) is 17.3 Å². The van der Waals surface area contributed by atoms with E-state index in [2.05, 4.69) is 18.7 Å². The van der Waals surface area contributed by atoms with Crippen molar-refractivity contribution in [1.82, 2.24) is 4.90 Å². The summed E-state index contributed by atoms with van der Waals surface area (Å²) in [4.78, 5) is 27.1. The quantitative estimate of drug-likeness (QED) is 0.412. The number of ether oxygens (including phenoxy) is 1. The highest BCUT2D eigenvalue weighted by Gasteiger charge is 2.41. The molecule has 0 aromatic heterocycles. The van der Waals surface area contributed by atoms with Crippen LogP contribution in [-0.4, -0.2) is 48.5 Å². The number of rotatable bonds is 10. The van der Waals surface area contributed by atoms with E-state index in [1.807, 2.05) is 78.9 Å². The molecule has 1 aliphatic carbocycles. The number of nitrogens with zero attached hydrogens (tertiary/aromatic N) is 1. The van der Waals surface area contributed by atoms with Crippen molar-refractivity contribution in [2.45, 2.75) is 51.6 Å². The number of aliphatic hydroxyl groups is 1. The number of carbonyl (C=O) groups excluding carboxylic acids is 2. The number of carbonyl (C=O) groups is 2. The van der Waals surface area contributed by atoms with E-state index in [-0.39, 0.29) is 29.0 Å². The van der Waals surface area contributed by atoms with Crippen molar-refractivity contribution in [1.29, 1.82) is 0 Å². The Morgan fingerprint density at radius 3 is 2.11 bits per heavy atom. The first-order valence-electron chi connectivity index (χ1n) is 13.8. The van der Waals surface area contributed by atoms with E-state index in [1.54, 1.807) is 0 Å². The third-order valence-electron chi connectivity index (χ3n) is 8.41. The van der Waals surface area contributed by atoms with Gasteiger partial charge in [-0.3, -0.25) is 9.59 Å². The molecule has 1 aliphatic heterocycles. The van der Waals surface area contributed by atoms with Crippen LogP contribution < -0.4 is 0 Å². The first-order valence-corrected chi connectivity index (χ1v) is 13.8. The van der Waals surface area contributed by atoms with E-state index >= 15 is 0 Å². The van der Waals surface area contributed by atoms with Gasteiger partial charge in [0.25, 0.3) is 0 Å². The summed E-state index contributed by atoms with van der Waals surface area (Å²) in [6, 6.07) is 20.0. The standard InChI is InChI=1S/C33H41NO4/c1-32(2)24-25(16-17-29(32)23-31(36)38-3)30(35)15-10-20-34-21-18-28(19-22-34)33(37,26-11-6-4-7-12-26)27-13-8-5-9-14-27/h4-9,11-14,16-17,24,28-29,37H,10,15,18-23H2,1-3H3. The third kappa shape index (κ3) is 6.33. The third-order valence-corrected chi connectivity index (χ3v) is 8.41. The van der Waals surface area contributed by atoms with E-state index in [1.165, 1.54) is 7.11 Å². The second-order valence-electron chi connectivity index (χ2n) is 11.3. The van der Waals surface area contributed by atoms with E-state index < -0.39 is 5.60 Å². The van der Waals surface area contributed by atoms with Gasteiger partial charge in [-0.15, -0.1) is 0 Å². The van der Waals surface area contributed by atoms with Crippen LogP contribution in [0.15, 0.2) is 84.5 Å². The number of hydrogen-bond acceptors (Lipinski definition) is 5. The molecule has 1 fully saturated rings. The Labute approximate surface area is 227 Å². The summed E-state index contributed by atoms with van der Waals surface area (Å²) in [6.45, 7) is 6.82. The van der Waals surface area contributed by atoms with Crippen LogP contribution in [0.4, 0.5) is 0 Å². The Bertz CT molecular complexity index is 1100. The number of likely N-dealkylation sites (tertiary alicyclic amines) is 1. The lowest BCUT2D eigenvalue weighted by molar-refractivity contribution is -0.142. The zero-order chi connectivity index (χ0) is 27.2. The predicted octanol–water partition coefficient (Wildman–Crippen LogP) is 5.69. The largest absolute Gasteiger partial charge is 0.469 e. The predicted molar refractivity (Wildman–Crippen MR) is 150 cm³/mol. The van der Waals surface area contributed by atoms with Crippen LogP contribution in [-0.2, 0) is 19.9 Å². The molecule has 5 heteroatoms. The lowest BCUT2D eigenvalue weighted by Gasteiger charge is -2.42. The molecule has 38 heavy (non-hydrogen) atoms. The monoisotopic (exact) mass is 515 g/mol. The van der Waals surface area contributed by atoms with Gasteiger partial charge in [-0.1, -0.05) is 92.7 Å². The summed E-state index contributed by atoms with van der Waals surface area (Å²) in [5, 5.41) is 12.1. The fourth-order valence-corrected chi connectivity index (χ4v) is 6.00. The number of methoxy groups -OCH3 is 1. The molecule has 0 saturated carbocycles. The molecule has 2 aromatic carbocycles. The highest BCUT2D eigenvalue weighted by Crippen LogP contribution is 2.42. The van der Waals surface area contributed by atoms with E-state index in [9.17, 15) is 14.7 Å². The van der Waals surface area contributed by atoms with Gasteiger partial charge in [-0.2, -0.15) is 0 Å². The van der Waals surface area contributed by atoms with Crippen LogP contribution in [0.3, 0.4) is 0 Å². The summed E-state index contributed by atoms with van der Waals surface area (Å²) < 4.78 is 4.82. The normalized spacial score (nSPS) is 20.1. The van der Waals surface area contributed by atoms with Crippen molar-refractivity contribution in [2.75, 3.05) is 26.7 Å². The minimum absolute atomic E-state index is 0.0261. The maximum Gasteiger partial charge on any atom is 0.306 e. The molecule has 1 N–H and O–H groups in total. The fourth-order valence-electron chi connectivity index (χ4n) is 6.00. The van der Waals surface area contributed by atoms with Crippen LogP contribution in [0.1, 0.15) is 57.1 Å². The van der Waals surface area contributed by atoms with Crippen molar-refractivity contribution in [2.24, 2.45) is 17.3 Å². The number of piperidine rings is 1. The van der Waals surface area contributed by atoms with Crippen molar-refractivity contribution in [3.63, 3.8) is 0 Å². The summed E-state index contributed by atoms with van der Waals surface area (Å²) in [6.07, 6.45) is 9.31. The fraction of sp³-hybridized carbons (Fsp3) is 0.455. The first-order chi connectivity index (χ1) is 18.2. The number of esters is 1. The highest BCUT2D eigenvalue weighted by atomic mass is 16.5. The van der Waals surface area contributed by atoms with Crippen LogP contribution in [0.2, 0.25) is 0 Å². The van der Waals surface area contributed by atoms with Gasteiger partial charge in [-0.05, 0) is 67.3 Å². The lowest BCUT2D eigenvalue weighted by Crippen LogP contribution is -2.44. The van der Waals surface area contributed by atoms with Crippen LogP contribution in [0.25, 0.3) is 0 Å². The molecule has 4 rings (SSSR count). The van der Waals surface area contributed by atoms with Gasteiger partial charge in [0, 0.05) is 12.0 Å². The molecule has 1 heterocycles. The molecule has 0 bridgehead atoms. The summed E-state index contributed by atoms with van der Waals surface area (Å²) in [7, 11) is 1.40. The van der Waals surface area contributed by atoms with E-state index in [0.29, 0.717) is 12.8 Å². The van der Waals surface area contributed by atoms with Gasteiger partial charge in [0.05, 0.1) is 13.5 Å². The van der Waals surface area contributed by atoms with Gasteiger partial charge in [0.15, 0.2) is 5.78 Å². The Hall–Kier alpha value is -3.02. The second kappa shape index (κ2) is 12.2. The summed E-state index contributed by atoms with van der Waals surface area (Å²) in [5.41, 5.74) is 1.35. The van der Waals surface area contributed by atoms with Crippen molar-refractivity contribution in [3.05, 3.63) is 95.6 Å². The maximum atomic E-state index is 12.9. The average molecular weight is 516 g/mol. The Morgan fingerprint density at radius 1 is 1.00 bits per heavy atom. The minimum Gasteiger partial charge on any atom is -0.469 e. The molecule has 1 saturated heterocycles. The molecular formula is C33H41NO4. The van der Waals surface area contributed by atoms with Gasteiger partial charge in [0.1, 0.15) is 5.60 Å². The van der Waals surface area contributed by atoms with E-state index in [4.69, 9.17) is 4.74 Å². The van der Waals surface area contributed by atoms with Crippen molar-refractivity contribution in [3.8, 4) is 0 Å². The average Bonchev–Trinajstić information content (AvgIpc) is 2.94. The SMILES string of the molecule is COC(=O)CC1C=CC(C(=O)CCCN2CCC(C(O)(c3ccccc3)c3ccccc3)CC2)=CC1(C)C. The van der Waals surface area contributed by atoms with Crippen molar-refractivity contribution < 1.29 is 19.4 Å². The zero-order valence-corrected chi connectivity index (χ0v) is 22.9. The Morgan fingerprint density at radius 2 is 1.58 bits per heavy atom. The molecule has 1 atom stereocenters. The number of ketones is 1. The minimum atomic E-state index is -1.01. The molecular weight excluding hydrogens is 474 g/mol. The first kappa shape index (κ1) is 28.0. The second-order valence-corrected chi connectivity index (χ2v) is 11.3. The van der Waals surface area contributed by atoms with Gasteiger partial charge < -0.3 is 14.7 Å². The Kier molecular flexibility index (Phi) is 9.01. The molecule has 202 valence electrons. The van der Waals surface area contributed by atoms with Gasteiger partial charge in [0.2, 0.25) is 0 Å². The van der Waals surface area contributed by atoms with Gasteiger partial charge >= 0.3 is 5.97 Å². The number of benzene rings is 2. The molecule has 0 amide bonds. The van der Waals surface area contributed by atoms with Crippen LogP contribution in [0.5, 0.6) is 0 Å². The number of allylic oxidation sites excluding steroid dienone is 4. The number of hydrogen-bond donors (Lipinski definition) is 1. The molecule has 0 radical (unpaired) electrons. The molecule has 1 unspecified atom stereocenters. The topological polar surface area (TPSA) is 66.8 Å². The van der Waals surface area contributed by atoms with Crippen LogP contribution >= 0.6 is 0 Å². The molecule has 0 spiro atoms. The molecule has 5 nitrogen and oxygen atoms in total. The zero-order valence-electron chi connectivity index (χ0n) is 22.9. The van der Waals surface area contributed by atoms with Crippen molar-refractivity contribution >= 4 is 11.8 Å². The summed E-state index contributed by atoms with van der Waals surface area (Å²) in [5.74, 6) is 0.0787. The maximum absolute atomic E-state index is 12.9. The Balaban J connectivity index is 1.30. The highest BCUT2D eigenvalue weighted by molar-refractivity contribution is 5.98. The molecule has 2 aliphatic rings. The number of Topliss-reactive ketones (excluding diaryl/α,β-unsaturated/α-hetero) is 1. The summed E-state index contributed by atoms with van der Waals surface area (Å²) >= 11 is 0.